The number of nitrogens with one attached hydrogen (secondary N) is 2. The molecular weight excluding hydrogens is 230 g/mol. The maximum atomic E-state index is 4.24. The smallest absolute Gasteiger partial charge is 0.127 e. The van der Waals surface area contributed by atoms with Crippen LogP contribution in [0.3, 0.4) is 0 Å². The highest BCUT2D eigenvalue weighted by Gasteiger charge is 1.96. The lowest BCUT2D eigenvalue weighted by atomic mass is 10.2. The van der Waals surface area contributed by atoms with E-state index >= 15 is 0 Å². The van der Waals surface area contributed by atoms with Crippen LogP contribution in [0.2, 0.25) is 0 Å². The van der Waals surface area contributed by atoms with Crippen molar-refractivity contribution in [2.24, 2.45) is 0 Å². The Morgan fingerprint density at radius 2 is 2.24 bits per heavy atom. The molecule has 0 aliphatic rings. The van der Waals surface area contributed by atoms with Crippen LogP contribution >= 0.6 is 11.3 Å². The molecule has 0 radical (unpaired) electrons. The first kappa shape index (κ1) is 11.9. The first-order valence-corrected chi connectivity index (χ1v) is 6.77. The highest BCUT2D eigenvalue weighted by atomic mass is 32.1. The standard InChI is InChI=1S/C13H17N3S/c1-2-14-13-9-12(4-7-16-13)15-6-3-11-5-8-17-10-11/h4-5,7-10H,2-3,6H2,1H3,(H2,14,15,16). The number of hydrogen-bond acceptors (Lipinski definition) is 4. The summed E-state index contributed by atoms with van der Waals surface area (Å²) in [6.07, 6.45) is 2.88. The van der Waals surface area contributed by atoms with Crippen LogP contribution in [0, 0.1) is 0 Å². The Morgan fingerprint density at radius 3 is 3.00 bits per heavy atom. The molecule has 2 N–H and O–H groups in total. The fraction of sp³-hybridized carbons (Fsp3) is 0.308. The highest BCUT2D eigenvalue weighted by molar-refractivity contribution is 7.07. The molecule has 2 aromatic heterocycles. The number of pyridine rings is 1. The third-order valence-corrected chi connectivity index (χ3v) is 3.17. The molecule has 0 atom stereocenters. The second-order valence-electron chi connectivity index (χ2n) is 3.77. The minimum absolute atomic E-state index is 0.894. The minimum atomic E-state index is 0.894. The molecule has 0 saturated carbocycles. The SMILES string of the molecule is CCNc1cc(NCCc2ccsc2)ccn1. The van der Waals surface area contributed by atoms with E-state index in [-0.39, 0.29) is 0 Å². The number of anilines is 2. The van der Waals surface area contributed by atoms with Crippen molar-refractivity contribution in [1.29, 1.82) is 0 Å². The van der Waals surface area contributed by atoms with Crippen LogP contribution in [0.15, 0.2) is 35.2 Å². The second-order valence-corrected chi connectivity index (χ2v) is 4.55. The van der Waals surface area contributed by atoms with Gasteiger partial charge >= 0.3 is 0 Å². The van der Waals surface area contributed by atoms with Crippen molar-refractivity contribution in [2.45, 2.75) is 13.3 Å². The van der Waals surface area contributed by atoms with Gasteiger partial charge in [-0.2, -0.15) is 11.3 Å². The summed E-state index contributed by atoms with van der Waals surface area (Å²) < 4.78 is 0. The van der Waals surface area contributed by atoms with E-state index in [1.165, 1.54) is 5.56 Å². The average Bonchev–Trinajstić information content (AvgIpc) is 2.83. The van der Waals surface area contributed by atoms with Crippen LogP contribution < -0.4 is 10.6 Å². The highest BCUT2D eigenvalue weighted by Crippen LogP contribution is 2.12. The first-order chi connectivity index (χ1) is 8.38. The second kappa shape index (κ2) is 6.25. The summed E-state index contributed by atoms with van der Waals surface area (Å²) >= 11 is 1.75. The maximum absolute atomic E-state index is 4.24. The average molecular weight is 247 g/mol. The summed E-state index contributed by atoms with van der Waals surface area (Å²) in [6, 6.07) is 6.20. The van der Waals surface area contributed by atoms with Gasteiger partial charge in [-0.1, -0.05) is 0 Å². The minimum Gasteiger partial charge on any atom is -0.385 e. The molecule has 0 aliphatic carbocycles. The van der Waals surface area contributed by atoms with E-state index in [9.17, 15) is 0 Å². The Kier molecular flexibility index (Phi) is 4.38. The van der Waals surface area contributed by atoms with E-state index in [0.717, 1.165) is 31.0 Å². The third-order valence-electron chi connectivity index (χ3n) is 2.44. The predicted octanol–water partition coefficient (Wildman–Crippen LogP) is 3.23. The van der Waals surface area contributed by atoms with Crippen LogP contribution in [0.25, 0.3) is 0 Å². The topological polar surface area (TPSA) is 37.0 Å². The van der Waals surface area contributed by atoms with Gasteiger partial charge in [0.05, 0.1) is 0 Å². The molecule has 2 rings (SSSR count). The number of nitrogens with zero attached hydrogens (tertiary/aromatic N) is 1. The normalized spacial score (nSPS) is 10.2. The zero-order valence-electron chi connectivity index (χ0n) is 9.94. The van der Waals surface area contributed by atoms with Crippen LogP contribution in [-0.2, 0) is 6.42 Å². The van der Waals surface area contributed by atoms with Gasteiger partial charge in [-0.3, -0.25) is 0 Å². The summed E-state index contributed by atoms with van der Waals surface area (Å²) in [5.41, 5.74) is 2.51. The Hall–Kier alpha value is -1.55. The van der Waals surface area contributed by atoms with Gasteiger partial charge in [0.25, 0.3) is 0 Å². The molecule has 2 aromatic rings. The number of aromatic nitrogens is 1. The van der Waals surface area contributed by atoms with Crippen molar-refractivity contribution in [1.82, 2.24) is 4.98 Å². The molecule has 0 saturated heterocycles. The molecule has 90 valence electrons. The van der Waals surface area contributed by atoms with E-state index in [4.69, 9.17) is 0 Å². The van der Waals surface area contributed by atoms with Crippen LogP contribution in [0.4, 0.5) is 11.5 Å². The molecule has 0 unspecified atom stereocenters. The molecule has 0 aromatic carbocycles. The van der Waals surface area contributed by atoms with Gasteiger partial charge in [0.15, 0.2) is 0 Å². The van der Waals surface area contributed by atoms with Crippen molar-refractivity contribution in [3.05, 3.63) is 40.7 Å². The first-order valence-electron chi connectivity index (χ1n) is 5.83. The van der Waals surface area contributed by atoms with Gasteiger partial charge in [-0.15, -0.1) is 0 Å². The number of thiophene rings is 1. The Balaban J connectivity index is 1.84. The molecule has 17 heavy (non-hydrogen) atoms. The van der Waals surface area contributed by atoms with Crippen LogP contribution in [0.5, 0.6) is 0 Å². The lowest BCUT2D eigenvalue weighted by molar-refractivity contribution is 1.02. The van der Waals surface area contributed by atoms with E-state index in [2.05, 4.69) is 39.4 Å². The Morgan fingerprint density at radius 1 is 1.29 bits per heavy atom. The fourth-order valence-electron chi connectivity index (χ4n) is 1.60. The molecule has 4 heteroatoms. The van der Waals surface area contributed by atoms with Gasteiger partial charge in [0.2, 0.25) is 0 Å². The maximum Gasteiger partial charge on any atom is 0.127 e. The van der Waals surface area contributed by atoms with E-state index in [1.54, 1.807) is 11.3 Å². The fourth-order valence-corrected chi connectivity index (χ4v) is 2.31. The predicted molar refractivity (Wildman–Crippen MR) is 74.9 cm³/mol. The molecule has 0 bridgehead atoms. The lowest BCUT2D eigenvalue weighted by Gasteiger charge is -2.07. The molecule has 0 spiro atoms. The van der Waals surface area contributed by atoms with Gasteiger partial charge in [0, 0.05) is 31.0 Å². The number of rotatable bonds is 6. The molecule has 0 aliphatic heterocycles. The van der Waals surface area contributed by atoms with E-state index in [1.807, 2.05) is 18.3 Å². The third kappa shape index (κ3) is 3.75. The van der Waals surface area contributed by atoms with Crippen molar-refractivity contribution in [3.8, 4) is 0 Å². The lowest BCUT2D eigenvalue weighted by Crippen LogP contribution is -2.05. The van der Waals surface area contributed by atoms with Crippen molar-refractivity contribution < 1.29 is 0 Å². The monoisotopic (exact) mass is 247 g/mol. The summed E-state index contributed by atoms with van der Waals surface area (Å²) in [4.78, 5) is 4.24. The largest absolute Gasteiger partial charge is 0.385 e. The molecule has 2 heterocycles. The summed E-state index contributed by atoms with van der Waals surface area (Å²) in [5.74, 6) is 0.924. The van der Waals surface area contributed by atoms with Gasteiger partial charge in [-0.25, -0.2) is 4.98 Å². The van der Waals surface area contributed by atoms with Crippen LogP contribution in [0.1, 0.15) is 12.5 Å². The van der Waals surface area contributed by atoms with E-state index in [0.29, 0.717) is 0 Å². The number of hydrogen-bond donors (Lipinski definition) is 2. The Labute approximate surface area is 106 Å². The summed E-state index contributed by atoms with van der Waals surface area (Å²) in [5, 5.41) is 10.9. The van der Waals surface area contributed by atoms with Crippen molar-refractivity contribution in [3.63, 3.8) is 0 Å². The molecular formula is C13H17N3S. The molecule has 0 fully saturated rings. The van der Waals surface area contributed by atoms with Gasteiger partial charge in [0.1, 0.15) is 5.82 Å². The van der Waals surface area contributed by atoms with Crippen LogP contribution in [-0.4, -0.2) is 18.1 Å². The molecule has 0 amide bonds. The quantitative estimate of drug-likeness (QED) is 0.823. The molecule has 3 nitrogen and oxygen atoms in total. The van der Waals surface area contributed by atoms with Crippen molar-refractivity contribution in [2.75, 3.05) is 23.7 Å². The van der Waals surface area contributed by atoms with Gasteiger partial charge < -0.3 is 10.6 Å². The summed E-state index contributed by atoms with van der Waals surface area (Å²) in [7, 11) is 0. The van der Waals surface area contributed by atoms with Gasteiger partial charge in [-0.05, 0) is 41.8 Å². The summed E-state index contributed by atoms with van der Waals surface area (Å²) in [6.45, 7) is 3.91. The zero-order valence-corrected chi connectivity index (χ0v) is 10.8. The Bertz CT molecular complexity index is 440. The van der Waals surface area contributed by atoms with E-state index < -0.39 is 0 Å². The zero-order chi connectivity index (χ0) is 11.9. The van der Waals surface area contributed by atoms with Crippen molar-refractivity contribution >= 4 is 22.8 Å².